The van der Waals surface area contributed by atoms with Crippen LogP contribution in [-0.4, -0.2) is 24.5 Å². The molecule has 6 heteroatoms. The second-order valence-corrected chi connectivity index (χ2v) is 7.60. The number of hydrogen-bond donors (Lipinski definition) is 2. The predicted octanol–water partition coefficient (Wildman–Crippen LogP) is 4.53. The lowest BCUT2D eigenvalue weighted by Gasteiger charge is -2.22. The van der Waals surface area contributed by atoms with E-state index in [9.17, 15) is 9.59 Å². The Labute approximate surface area is 167 Å². The van der Waals surface area contributed by atoms with E-state index in [1.807, 2.05) is 12.1 Å². The number of nitrogens with one attached hydrogen (secondary N) is 2. The van der Waals surface area contributed by atoms with Crippen LogP contribution in [0, 0.1) is 0 Å². The molecule has 2 amide bonds. The van der Waals surface area contributed by atoms with E-state index >= 15 is 0 Å². The third-order valence-corrected chi connectivity index (χ3v) is 5.06. The van der Waals surface area contributed by atoms with Crippen LogP contribution in [0.2, 0.25) is 0 Å². The van der Waals surface area contributed by atoms with Gasteiger partial charge >= 0.3 is 0 Å². The van der Waals surface area contributed by atoms with Gasteiger partial charge in [-0.3, -0.25) is 9.59 Å². The molecule has 0 spiro atoms. The number of benzene rings is 2. The highest BCUT2D eigenvalue weighted by atomic mass is 79.9. The molecule has 0 saturated heterocycles. The zero-order chi connectivity index (χ0) is 19.1. The maximum absolute atomic E-state index is 12.4. The van der Waals surface area contributed by atoms with Crippen LogP contribution in [0.3, 0.4) is 0 Å². The van der Waals surface area contributed by atoms with Gasteiger partial charge < -0.3 is 15.4 Å². The maximum Gasteiger partial charge on any atom is 0.262 e. The molecule has 0 atom stereocenters. The molecule has 2 N–H and O–H groups in total. The number of hydrogen-bond acceptors (Lipinski definition) is 3. The van der Waals surface area contributed by atoms with E-state index in [0.717, 1.165) is 17.3 Å². The smallest absolute Gasteiger partial charge is 0.262 e. The van der Waals surface area contributed by atoms with Crippen molar-refractivity contribution in [3.63, 3.8) is 0 Å². The van der Waals surface area contributed by atoms with E-state index < -0.39 is 0 Å². The largest absolute Gasteiger partial charge is 0.484 e. The Kier molecular flexibility index (Phi) is 6.87. The lowest BCUT2D eigenvalue weighted by atomic mass is 9.95. The molecule has 2 aromatic carbocycles. The first-order valence-corrected chi connectivity index (χ1v) is 9.98. The molecular weight excluding hydrogens is 408 g/mol. The zero-order valence-electron chi connectivity index (χ0n) is 15.0. The third kappa shape index (κ3) is 6.10. The number of anilines is 1. The van der Waals surface area contributed by atoms with Gasteiger partial charge in [0.25, 0.3) is 11.8 Å². The van der Waals surface area contributed by atoms with E-state index in [0.29, 0.717) is 17.0 Å². The average molecular weight is 431 g/mol. The van der Waals surface area contributed by atoms with E-state index in [4.69, 9.17) is 4.74 Å². The number of carbonyl (C=O) groups excluding carboxylic acids is 2. The van der Waals surface area contributed by atoms with Crippen molar-refractivity contribution in [1.29, 1.82) is 0 Å². The fourth-order valence-corrected chi connectivity index (χ4v) is 3.39. The van der Waals surface area contributed by atoms with E-state index in [2.05, 4.69) is 26.6 Å². The molecule has 3 rings (SSSR count). The lowest BCUT2D eigenvalue weighted by molar-refractivity contribution is -0.118. The molecule has 0 bridgehead atoms. The van der Waals surface area contributed by atoms with Crippen molar-refractivity contribution >= 4 is 33.4 Å². The molecule has 1 fully saturated rings. The molecule has 0 radical (unpaired) electrons. The third-order valence-electron chi connectivity index (χ3n) is 4.53. The number of amides is 2. The maximum atomic E-state index is 12.4. The Balaban J connectivity index is 1.52. The molecule has 1 aliphatic rings. The summed E-state index contributed by atoms with van der Waals surface area (Å²) in [6.07, 6.45) is 5.65. The molecule has 1 aliphatic carbocycles. The van der Waals surface area contributed by atoms with Crippen molar-refractivity contribution in [3.8, 4) is 5.75 Å². The summed E-state index contributed by atoms with van der Waals surface area (Å²) in [7, 11) is 0. The van der Waals surface area contributed by atoms with Gasteiger partial charge in [0.05, 0.1) is 0 Å². The minimum absolute atomic E-state index is 0.0934. The van der Waals surface area contributed by atoms with Crippen molar-refractivity contribution in [3.05, 3.63) is 58.6 Å². The van der Waals surface area contributed by atoms with Crippen molar-refractivity contribution in [2.45, 2.75) is 38.1 Å². The highest BCUT2D eigenvalue weighted by Crippen LogP contribution is 2.19. The molecule has 0 aromatic heterocycles. The standard InChI is InChI=1S/C21H23BrN2O3/c22-16-9-11-19(12-10-16)27-14-20(25)23-18-8-4-5-15(13-18)21(26)24-17-6-2-1-3-7-17/h4-5,8-13,17H,1-3,6-7,14H2,(H,23,25)(H,24,26). The number of ether oxygens (including phenoxy) is 1. The summed E-state index contributed by atoms with van der Waals surface area (Å²) in [5, 5.41) is 5.86. The minimum Gasteiger partial charge on any atom is -0.484 e. The van der Waals surface area contributed by atoms with Gasteiger partial charge in [0, 0.05) is 21.8 Å². The van der Waals surface area contributed by atoms with Gasteiger partial charge in [-0.1, -0.05) is 41.3 Å². The van der Waals surface area contributed by atoms with Crippen LogP contribution in [-0.2, 0) is 4.79 Å². The van der Waals surface area contributed by atoms with Crippen LogP contribution < -0.4 is 15.4 Å². The van der Waals surface area contributed by atoms with Crippen LogP contribution >= 0.6 is 15.9 Å². The predicted molar refractivity (Wildman–Crippen MR) is 109 cm³/mol. The monoisotopic (exact) mass is 430 g/mol. The van der Waals surface area contributed by atoms with Crippen LogP contribution in [0.25, 0.3) is 0 Å². The van der Waals surface area contributed by atoms with Gasteiger partial charge in [-0.05, 0) is 55.3 Å². The zero-order valence-corrected chi connectivity index (χ0v) is 16.6. The summed E-state index contributed by atoms with van der Waals surface area (Å²) in [5.41, 5.74) is 1.13. The van der Waals surface area contributed by atoms with Crippen LogP contribution in [0.5, 0.6) is 5.75 Å². The molecule has 0 heterocycles. The molecule has 1 saturated carbocycles. The fraction of sp³-hybridized carbons (Fsp3) is 0.333. The topological polar surface area (TPSA) is 67.4 Å². The average Bonchev–Trinajstić information content (AvgIpc) is 2.68. The Morgan fingerprint density at radius 3 is 2.52 bits per heavy atom. The SMILES string of the molecule is O=C(COc1ccc(Br)cc1)Nc1cccc(C(=O)NC2CCCCC2)c1. The highest BCUT2D eigenvalue weighted by molar-refractivity contribution is 9.10. The summed E-state index contributed by atoms with van der Waals surface area (Å²) in [5.74, 6) is 0.251. The molecule has 27 heavy (non-hydrogen) atoms. The quantitative estimate of drug-likeness (QED) is 0.707. The number of rotatable bonds is 6. The van der Waals surface area contributed by atoms with Gasteiger partial charge in [0.2, 0.25) is 0 Å². The second kappa shape index (κ2) is 9.55. The Morgan fingerprint density at radius 1 is 1.04 bits per heavy atom. The molecule has 0 aliphatic heterocycles. The number of carbonyl (C=O) groups is 2. The molecule has 0 unspecified atom stereocenters. The highest BCUT2D eigenvalue weighted by Gasteiger charge is 2.17. The Bertz CT molecular complexity index is 786. The molecule has 2 aromatic rings. The van der Waals surface area contributed by atoms with Crippen LogP contribution in [0.1, 0.15) is 42.5 Å². The summed E-state index contributed by atoms with van der Waals surface area (Å²) in [4.78, 5) is 24.5. The summed E-state index contributed by atoms with van der Waals surface area (Å²) in [6.45, 7) is -0.0971. The van der Waals surface area contributed by atoms with Gasteiger partial charge in [0.15, 0.2) is 6.61 Å². The molecule has 142 valence electrons. The van der Waals surface area contributed by atoms with Crippen molar-refractivity contribution in [1.82, 2.24) is 5.32 Å². The Morgan fingerprint density at radius 2 is 1.78 bits per heavy atom. The van der Waals surface area contributed by atoms with Crippen molar-refractivity contribution in [2.75, 3.05) is 11.9 Å². The van der Waals surface area contributed by atoms with E-state index in [-0.39, 0.29) is 24.5 Å². The summed E-state index contributed by atoms with van der Waals surface area (Å²) in [6, 6.07) is 14.5. The summed E-state index contributed by atoms with van der Waals surface area (Å²) >= 11 is 3.35. The van der Waals surface area contributed by atoms with E-state index in [1.54, 1.807) is 36.4 Å². The first kappa shape index (κ1) is 19.4. The molecule has 5 nitrogen and oxygen atoms in total. The lowest BCUT2D eigenvalue weighted by Crippen LogP contribution is -2.36. The van der Waals surface area contributed by atoms with Crippen molar-refractivity contribution < 1.29 is 14.3 Å². The minimum atomic E-state index is -0.275. The van der Waals surface area contributed by atoms with Gasteiger partial charge in [-0.25, -0.2) is 0 Å². The fourth-order valence-electron chi connectivity index (χ4n) is 3.13. The Hall–Kier alpha value is -2.34. The summed E-state index contributed by atoms with van der Waals surface area (Å²) < 4.78 is 6.41. The first-order valence-electron chi connectivity index (χ1n) is 9.19. The second-order valence-electron chi connectivity index (χ2n) is 6.68. The van der Waals surface area contributed by atoms with Crippen LogP contribution in [0.4, 0.5) is 5.69 Å². The normalized spacial score (nSPS) is 14.4. The van der Waals surface area contributed by atoms with Gasteiger partial charge in [-0.2, -0.15) is 0 Å². The number of halogens is 1. The molecular formula is C21H23BrN2O3. The first-order chi connectivity index (χ1) is 13.1. The van der Waals surface area contributed by atoms with Crippen LogP contribution in [0.15, 0.2) is 53.0 Å². The van der Waals surface area contributed by atoms with Gasteiger partial charge in [-0.15, -0.1) is 0 Å². The van der Waals surface area contributed by atoms with E-state index in [1.165, 1.54) is 19.3 Å². The van der Waals surface area contributed by atoms with Crippen molar-refractivity contribution in [2.24, 2.45) is 0 Å². The van der Waals surface area contributed by atoms with Gasteiger partial charge in [0.1, 0.15) is 5.75 Å².